The van der Waals surface area contributed by atoms with Crippen LogP contribution in [0.25, 0.3) is 0 Å². The van der Waals surface area contributed by atoms with E-state index in [-0.39, 0.29) is 22.6 Å². The number of rotatable bonds is 5. The molecule has 0 fully saturated rings. The number of carbonyl (C=O) groups is 1. The lowest BCUT2D eigenvalue weighted by Crippen LogP contribution is -2.15. The van der Waals surface area contributed by atoms with E-state index in [4.69, 9.17) is 15.3 Å². The lowest BCUT2D eigenvalue weighted by molar-refractivity contribution is -0.384. The zero-order valence-electron chi connectivity index (χ0n) is 12.1. The number of hydrogen-bond acceptors (Lipinski definition) is 6. The van der Waals surface area contributed by atoms with Crippen molar-refractivity contribution in [1.29, 1.82) is 0 Å². The predicted molar refractivity (Wildman–Crippen MR) is 82.2 cm³/mol. The van der Waals surface area contributed by atoms with Gasteiger partial charge in [0.15, 0.2) is 5.84 Å². The summed E-state index contributed by atoms with van der Waals surface area (Å²) >= 11 is 0. The van der Waals surface area contributed by atoms with E-state index in [0.29, 0.717) is 5.75 Å². The maximum absolute atomic E-state index is 11.9. The minimum Gasteiger partial charge on any atom is -0.497 e. The second-order valence-electron chi connectivity index (χ2n) is 4.39. The molecule has 0 spiro atoms. The molecular weight excluding hydrogens is 302 g/mol. The number of benzene rings is 2. The van der Waals surface area contributed by atoms with E-state index in [1.807, 2.05) is 0 Å². The Hall–Kier alpha value is -3.42. The van der Waals surface area contributed by atoms with E-state index in [1.165, 1.54) is 43.5 Å². The molecule has 2 aromatic carbocycles. The first-order chi connectivity index (χ1) is 11.0. The van der Waals surface area contributed by atoms with Crippen molar-refractivity contribution in [2.24, 2.45) is 10.9 Å². The largest absolute Gasteiger partial charge is 0.497 e. The van der Waals surface area contributed by atoms with E-state index in [0.717, 1.165) is 0 Å². The summed E-state index contributed by atoms with van der Waals surface area (Å²) in [6, 6.07) is 11.9. The lowest BCUT2D eigenvalue weighted by Gasteiger charge is -2.03. The molecule has 2 N–H and O–H groups in total. The van der Waals surface area contributed by atoms with Crippen LogP contribution < -0.4 is 10.5 Å². The molecule has 0 bridgehead atoms. The van der Waals surface area contributed by atoms with Crippen LogP contribution in [0, 0.1) is 10.1 Å². The highest BCUT2D eigenvalue weighted by Crippen LogP contribution is 2.15. The quantitative estimate of drug-likeness (QED) is 0.297. The van der Waals surface area contributed by atoms with Crippen molar-refractivity contribution in [3.63, 3.8) is 0 Å². The van der Waals surface area contributed by atoms with Gasteiger partial charge in [0.1, 0.15) is 5.75 Å². The zero-order valence-corrected chi connectivity index (χ0v) is 12.1. The molecule has 0 radical (unpaired) electrons. The summed E-state index contributed by atoms with van der Waals surface area (Å²) in [6.07, 6.45) is 0. The topological polar surface area (TPSA) is 117 Å². The standard InChI is InChI=1S/C15H13N3O5/c1-22-13-7-3-5-11(9-13)15(19)23-17-14(16)10-4-2-6-12(8-10)18(20)21/h2-9H,1H3,(H2,16,17). The predicted octanol–water partition coefficient (Wildman–Crippen LogP) is 2.08. The van der Waals surface area contributed by atoms with E-state index < -0.39 is 10.9 Å². The van der Waals surface area contributed by atoms with Gasteiger partial charge in [-0.25, -0.2) is 4.79 Å². The number of methoxy groups -OCH3 is 1. The van der Waals surface area contributed by atoms with Crippen molar-refractivity contribution in [3.05, 3.63) is 69.8 Å². The van der Waals surface area contributed by atoms with Gasteiger partial charge in [-0.15, -0.1) is 0 Å². The fourth-order valence-corrected chi connectivity index (χ4v) is 1.72. The molecule has 0 atom stereocenters. The van der Waals surface area contributed by atoms with E-state index >= 15 is 0 Å². The van der Waals surface area contributed by atoms with E-state index in [1.54, 1.807) is 12.1 Å². The normalized spacial score (nSPS) is 10.9. The second kappa shape index (κ2) is 7.03. The number of nitrogens with two attached hydrogens (primary N) is 1. The fraction of sp³-hybridized carbons (Fsp3) is 0.0667. The van der Waals surface area contributed by atoms with Crippen LogP contribution in [0.5, 0.6) is 5.75 Å². The summed E-state index contributed by atoms with van der Waals surface area (Å²) in [6.45, 7) is 0. The van der Waals surface area contributed by atoms with Crippen LogP contribution in [0.3, 0.4) is 0 Å². The first kappa shape index (κ1) is 16.0. The van der Waals surface area contributed by atoms with E-state index in [2.05, 4.69) is 5.16 Å². The Morgan fingerprint density at radius 2 is 1.87 bits per heavy atom. The molecule has 0 aromatic heterocycles. The summed E-state index contributed by atoms with van der Waals surface area (Å²) < 4.78 is 5.00. The monoisotopic (exact) mass is 315 g/mol. The maximum atomic E-state index is 11.9. The molecule has 0 amide bonds. The van der Waals surface area contributed by atoms with Crippen molar-refractivity contribution in [2.45, 2.75) is 0 Å². The number of hydrogen-bond donors (Lipinski definition) is 1. The molecule has 8 heteroatoms. The molecule has 2 aromatic rings. The fourth-order valence-electron chi connectivity index (χ4n) is 1.72. The molecule has 0 heterocycles. The van der Waals surface area contributed by atoms with Crippen LogP contribution in [-0.2, 0) is 4.84 Å². The summed E-state index contributed by atoms with van der Waals surface area (Å²) in [5, 5.41) is 14.2. The van der Waals surface area contributed by atoms with Gasteiger partial charge in [-0.1, -0.05) is 23.4 Å². The average Bonchev–Trinajstić information content (AvgIpc) is 2.59. The molecule has 0 aliphatic heterocycles. The van der Waals surface area contributed by atoms with Crippen LogP contribution >= 0.6 is 0 Å². The molecule has 2 rings (SSSR count). The van der Waals surface area contributed by atoms with Gasteiger partial charge in [0.2, 0.25) is 0 Å². The van der Waals surface area contributed by atoms with Gasteiger partial charge in [-0.05, 0) is 18.2 Å². The highest BCUT2D eigenvalue weighted by Gasteiger charge is 2.11. The van der Waals surface area contributed by atoms with Gasteiger partial charge in [0, 0.05) is 17.7 Å². The molecule has 118 valence electrons. The molecule has 8 nitrogen and oxygen atoms in total. The summed E-state index contributed by atoms with van der Waals surface area (Å²) in [5.41, 5.74) is 6.04. The zero-order chi connectivity index (χ0) is 16.8. The summed E-state index contributed by atoms with van der Waals surface area (Å²) in [4.78, 5) is 26.8. The molecular formula is C15H13N3O5. The van der Waals surface area contributed by atoms with Crippen LogP contribution in [0.15, 0.2) is 53.7 Å². The number of nitro benzene ring substituents is 1. The number of non-ortho nitro benzene ring substituents is 1. The molecule has 23 heavy (non-hydrogen) atoms. The van der Waals surface area contributed by atoms with Crippen molar-refractivity contribution >= 4 is 17.5 Å². The Bertz CT molecular complexity index is 773. The number of oxime groups is 1. The van der Waals surface area contributed by atoms with Crippen molar-refractivity contribution in [3.8, 4) is 5.75 Å². The number of nitro groups is 1. The Morgan fingerprint density at radius 3 is 2.57 bits per heavy atom. The van der Waals surface area contributed by atoms with Gasteiger partial charge in [0.25, 0.3) is 5.69 Å². The third kappa shape index (κ3) is 4.03. The van der Waals surface area contributed by atoms with Crippen molar-refractivity contribution in [2.75, 3.05) is 7.11 Å². The van der Waals surface area contributed by atoms with Gasteiger partial charge >= 0.3 is 5.97 Å². The lowest BCUT2D eigenvalue weighted by atomic mass is 10.2. The van der Waals surface area contributed by atoms with Crippen LogP contribution in [0.1, 0.15) is 15.9 Å². The van der Waals surface area contributed by atoms with Crippen LogP contribution in [-0.4, -0.2) is 23.8 Å². The second-order valence-corrected chi connectivity index (χ2v) is 4.39. The molecule has 0 saturated heterocycles. The molecule has 0 saturated carbocycles. The number of nitrogens with zero attached hydrogens (tertiary/aromatic N) is 2. The smallest absolute Gasteiger partial charge is 0.365 e. The van der Waals surface area contributed by atoms with Crippen molar-refractivity contribution < 1.29 is 19.3 Å². The Balaban J connectivity index is 2.13. The maximum Gasteiger partial charge on any atom is 0.365 e. The summed E-state index contributed by atoms with van der Waals surface area (Å²) in [7, 11) is 1.48. The van der Waals surface area contributed by atoms with Gasteiger partial charge < -0.3 is 15.3 Å². The molecule has 0 aliphatic carbocycles. The summed E-state index contributed by atoms with van der Waals surface area (Å²) in [5.74, 6) is -0.377. The Morgan fingerprint density at radius 1 is 1.17 bits per heavy atom. The first-order valence-electron chi connectivity index (χ1n) is 6.45. The van der Waals surface area contributed by atoms with Crippen molar-refractivity contribution in [1.82, 2.24) is 0 Å². The van der Waals surface area contributed by atoms with E-state index in [9.17, 15) is 14.9 Å². The minimum atomic E-state index is -0.725. The number of ether oxygens (including phenoxy) is 1. The third-order valence-electron chi connectivity index (χ3n) is 2.89. The van der Waals surface area contributed by atoms with Gasteiger partial charge in [0.05, 0.1) is 17.6 Å². The number of carbonyl (C=O) groups excluding carboxylic acids is 1. The SMILES string of the molecule is COc1cccc(C(=O)O/N=C(/N)c2cccc([N+](=O)[O-])c2)c1. The third-order valence-corrected chi connectivity index (χ3v) is 2.89. The highest BCUT2D eigenvalue weighted by molar-refractivity contribution is 5.98. The Labute approximate surface area is 131 Å². The average molecular weight is 315 g/mol. The highest BCUT2D eigenvalue weighted by atomic mass is 16.7. The first-order valence-corrected chi connectivity index (χ1v) is 6.45. The number of amidine groups is 1. The molecule has 0 aliphatic rings. The van der Waals surface area contributed by atoms with Gasteiger partial charge in [-0.3, -0.25) is 10.1 Å². The molecule has 0 unspecified atom stereocenters. The Kier molecular flexibility index (Phi) is 4.88. The minimum absolute atomic E-state index is 0.139. The van der Waals surface area contributed by atoms with Crippen LogP contribution in [0.4, 0.5) is 5.69 Å². The van der Waals surface area contributed by atoms with Crippen LogP contribution in [0.2, 0.25) is 0 Å². The van der Waals surface area contributed by atoms with Gasteiger partial charge in [-0.2, -0.15) is 0 Å².